The van der Waals surface area contributed by atoms with Gasteiger partial charge in [0, 0.05) is 24.7 Å². The highest BCUT2D eigenvalue weighted by Crippen LogP contribution is 2.19. The molecular weight excluding hydrogens is 266 g/mol. The van der Waals surface area contributed by atoms with E-state index in [1.165, 1.54) is 6.08 Å². The van der Waals surface area contributed by atoms with Crippen LogP contribution in [0.15, 0.2) is 30.3 Å². The molecule has 0 aliphatic heterocycles. The summed E-state index contributed by atoms with van der Waals surface area (Å²) in [5.41, 5.74) is -0.0325. The molecule has 0 spiro atoms. The normalized spacial score (nSPS) is 11.7. The van der Waals surface area contributed by atoms with E-state index in [0.717, 1.165) is 11.3 Å². The lowest BCUT2D eigenvalue weighted by atomic mass is 10.1. The highest BCUT2D eigenvalue weighted by Gasteiger charge is 2.19. The Morgan fingerprint density at radius 3 is 2.57 bits per heavy atom. The molecule has 4 heteroatoms. The summed E-state index contributed by atoms with van der Waals surface area (Å²) in [6.07, 6.45) is 3.27. The molecule has 0 aliphatic rings. The molecule has 0 atom stereocenters. The fraction of sp³-hybridized carbons (Fsp3) is 0.471. The number of nitrogens with zero attached hydrogens (tertiary/aromatic N) is 1. The molecule has 0 heterocycles. The van der Waals surface area contributed by atoms with Crippen LogP contribution in [-0.4, -0.2) is 41.2 Å². The second kappa shape index (κ2) is 7.84. The summed E-state index contributed by atoms with van der Waals surface area (Å²) in [5, 5.41) is 9.83. The molecule has 1 amide bonds. The maximum absolute atomic E-state index is 12.2. The summed E-state index contributed by atoms with van der Waals surface area (Å²) >= 11 is 0. The highest BCUT2D eigenvalue weighted by molar-refractivity contribution is 5.92. The van der Waals surface area contributed by atoms with Gasteiger partial charge in [0.1, 0.15) is 5.75 Å². The minimum Gasteiger partial charge on any atom is -0.493 e. The Morgan fingerprint density at radius 2 is 2.00 bits per heavy atom. The van der Waals surface area contributed by atoms with Crippen LogP contribution in [-0.2, 0) is 4.79 Å². The predicted octanol–water partition coefficient (Wildman–Crippen LogP) is 2.72. The summed E-state index contributed by atoms with van der Waals surface area (Å²) in [4.78, 5) is 13.8. The SMILES string of the molecule is CCOc1ccccc1C=CC(=O)N(CC)CC(C)(C)O. The summed E-state index contributed by atoms with van der Waals surface area (Å²) < 4.78 is 5.52. The fourth-order valence-electron chi connectivity index (χ4n) is 1.98. The molecule has 116 valence electrons. The van der Waals surface area contributed by atoms with E-state index in [2.05, 4.69) is 0 Å². The lowest BCUT2D eigenvalue weighted by Gasteiger charge is -2.27. The van der Waals surface area contributed by atoms with Gasteiger partial charge in [0.05, 0.1) is 12.2 Å². The summed E-state index contributed by atoms with van der Waals surface area (Å²) in [6, 6.07) is 7.58. The molecule has 1 N–H and O–H groups in total. The number of hydrogen-bond acceptors (Lipinski definition) is 3. The Hall–Kier alpha value is -1.81. The minimum absolute atomic E-state index is 0.120. The average molecular weight is 291 g/mol. The second-order valence-corrected chi connectivity index (χ2v) is 5.47. The van der Waals surface area contributed by atoms with Crippen LogP contribution in [0.4, 0.5) is 0 Å². The molecule has 0 fully saturated rings. The van der Waals surface area contributed by atoms with Crippen LogP contribution in [0, 0.1) is 0 Å². The molecule has 0 radical (unpaired) electrons. The van der Waals surface area contributed by atoms with Gasteiger partial charge in [-0.15, -0.1) is 0 Å². The lowest BCUT2D eigenvalue weighted by Crippen LogP contribution is -2.41. The van der Waals surface area contributed by atoms with Crippen LogP contribution in [0.2, 0.25) is 0 Å². The third-order valence-corrected chi connectivity index (χ3v) is 2.90. The first-order valence-corrected chi connectivity index (χ1v) is 7.28. The van der Waals surface area contributed by atoms with Crippen molar-refractivity contribution < 1.29 is 14.6 Å². The highest BCUT2D eigenvalue weighted by atomic mass is 16.5. The maximum Gasteiger partial charge on any atom is 0.246 e. The van der Waals surface area contributed by atoms with Gasteiger partial charge in [0.15, 0.2) is 0 Å². The van der Waals surface area contributed by atoms with Gasteiger partial charge in [-0.2, -0.15) is 0 Å². The summed E-state index contributed by atoms with van der Waals surface area (Å²) in [5.74, 6) is 0.639. The van der Waals surface area contributed by atoms with Crippen molar-refractivity contribution in [2.75, 3.05) is 19.7 Å². The minimum atomic E-state index is -0.900. The monoisotopic (exact) mass is 291 g/mol. The Kier molecular flexibility index (Phi) is 6.43. The number of benzene rings is 1. The average Bonchev–Trinajstić information content (AvgIpc) is 2.43. The second-order valence-electron chi connectivity index (χ2n) is 5.47. The van der Waals surface area contributed by atoms with Gasteiger partial charge in [-0.25, -0.2) is 0 Å². The van der Waals surface area contributed by atoms with Crippen LogP contribution in [0.1, 0.15) is 33.3 Å². The molecular formula is C17H25NO3. The van der Waals surface area contributed by atoms with Gasteiger partial charge in [-0.1, -0.05) is 18.2 Å². The molecule has 0 unspecified atom stereocenters. The van der Waals surface area contributed by atoms with Crippen LogP contribution < -0.4 is 4.74 Å². The largest absolute Gasteiger partial charge is 0.493 e. The number of hydrogen-bond donors (Lipinski definition) is 1. The van der Waals surface area contributed by atoms with E-state index in [1.54, 1.807) is 24.8 Å². The number of carbonyl (C=O) groups excluding carboxylic acids is 1. The third kappa shape index (κ3) is 6.00. The van der Waals surface area contributed by atoms with E-state index in [1.807, 2.05) is 38.1 Å². The number of amides is 1. The van der Waals surface area contributed by atoms with Crippen LogP contribution >= 0.6 is 0 Å². The van der Waals surface area contributed by atoms with Crippen molar-refractivity contribution in [1.82, 2.24) is 4.90 Å². The molecule has 0 bridgehead atoms. The number of para-hydroxylation sites is 1. The van der Waals surface area contributed by atoms with E-state index >= 15 is 0 Å². The number of rotatable bonds is 7. The molecule has 0 aromatic heterocycles. The number of ether oxygens (including phenoxy) is 1. The van der Waals surface area contributed by atoms with Crippen molar-refractivity contribution in [3.05, 3.63) is 35.9 Å². The number of aliphatic hydroxyl groups is 1. The van der Waals surface area contributed by atoms with Crippen molar-refractivity contribution in [2.45, 2.75) is 33.3 Å². The maximum atomic E-state index is 12.2. The standard InChI is InChI=1S/C17H25NO3/c1-5-18(13-17(3,4)20)16(19)12-11-14-9-7-8-10-15(14)21-6-2/h7-12,20H,5-6,13H2,1-4H3. The van der Waals surface area contributed by atoms with Gasteiger partial charge in [-0.05, 0) is 39.8 Å². The van der Waals surface area contributed by atoms with E-state index in [-0.39, 0.29) is 5.91 Å². The number of likely N-dealkylation sites (N-methyl/N-ethyl adjacent to an activating group) is 1. The first-order chi connectivity index (χ1) is 9.87. The van der Waals surface area contributed by atoms with Gasteiger partial charge in [0.25, 0.3) is 0 Å². The predicted molar refractivity (Wildman–Crippen MR) is 85.2 cm³/mol. The molecule has 0 aliphatic carbocycles. The van der Waals surface area contributed by atoms with Gasteiger partial charge < -0.3 is 14.7 Å². The van der Waals surface area contributed by atoms with E-state index in [9.17, 15) is 9.90 Å². The molecule has 21 heavy (non-hydrogen) atoms. The zero-order valence-electron chi connectivity index (χ0n) is 13.3. The Balaban J connectivity index is 2.81. The zero-order valence-corrected chi connectivity index (χ0v) is 13.3. The summed E-state index contributed by atoms with van der Waals surface area (Å²) in [6.45, 7) is 8.64. The fourth-order valence-corrected chi connectivity index (χ4v) is 1.98. The van der Waals surface area contributed by atoms with E-state index in [4.69, 9.17) is 4.74 Å². The third-order valence-electron chi connectivity index (χ3n) is 2.90. The quantitative estimate of drug-likeness (QED) is 0.786. The molecule has 1 aromatic carbocycles. The smallest absolute Gasteiger partial charge is 0.246 e. The molecule has 0 saturated heterocycles. The van der Waals surface area contributed by atoms with Crippen molar-refractivity contribution in [1.29, 1.82) is 0 Å². The Morgan fingerprint density at radius 1 is 1.33 bits per heavy atom. The first kappa shape index (κ1) is 17.2. The van der Waals surface area contributed by atoms with Crippen LogP contribution in [0.3, 0.4) is 0 Å². The Bertz CT molecular complexity index is 489. The van der Waals surface area contributed by atoms with Gasteiger partial charge in [0.2, 0.25) is 5.91 Å². The van der Waals surface area contributed by atoms with Crippen molar-refractivity contribution in [3.8, 4) is 5.75 Å². The van der Waals surface area contributed by atoms with E-state index in [0.29, 0.717) is 19.7 Å². The van der Waals surface area contributed by atoms with Crippen molar-refractivity contribution >= 4 is 12.0 Å². The first-order valence-electron chi connectivity index (χ1n) is 7.28. The van der Waals surface area contributed by atoms with Gasteiger partial charge >= 0.3 is 0 Å². The van der Waals surface area contributed by atoms with E-state index < -0.39 is 5.60 Å². The zero-order chi connectivity index (χ0) is 15.9. The molecule has 1 rings (SSSR count). The van der Waals surface area contributed by atoms with Crippen LogP contribution in [0.25, 0.3) is 6.08 Å². The van der Waals surface area contributed by atoms with Crippen molar-refractivity contribution in [3.63, 3.8) is 0 Å². The summed E-state index contributed by atoms with van der Waals surface area (Å²) in [7, 11) is 0. The lowest BCUT2D eigenvalue weighted by molar-refractivity contribution is -0.128. The van der Waals surface area contributed by atoms with Crippen molar-refractivity contribution in [2.24, 2.45) is 0 Å². The number of carbonyl (C=O) groups is 1. The molecule has 0 saturated carbocycles. The molecule has 1 aromatic rings. The van der Waals surface area contributed by atoms with Crippen LogP contribution in [0.5, 0.6) is 5.75 Å². The topological polar surface area (TPSA) is 49.8 Å². The molecule has 4 nitrogen and oxygen atoms in total. The Labute approximate surface area is 127 Å². The van der Waals surface area contributed by atoms with Gasteiger partial charge in [-0.3, -0.25) is 4.79 Å².